The number of thiazole rings is 1. The summed E-state index contributed by atoms with van der Waals surface area (Å²) in [4.78, 5) is 31.8. The molecular formula is C22H22ClF3N4O4S. The maximum absolute atomic E-state index is 13.0. The van der Waals surface area contributed by atoms with Crippen molar-refractivity contribution >= 4 is 45.6 Å². The minimum Gasteiger partial charge on any atom is -0.492 e. The number of carbonyl (C=O) groups is 2. The number of ether oxygens (including phenoxy) is 1. The monoisotopic (exact) mass is 530 g/mol. The van der Waals surface area contributed by atoms with Crippen LogP contribution in [0.25, 0.3) is 0 Å². The Hall–Kier alpha value is -3.38. The molecular weight excluding hydrogens is 509 g/mol. The second kappa shape index (κ2) is 13.5. The topological polar surface area (TPSA) is 105 Å². The van der Waals surface area contributed by atoms with Crippen LogP contribution in [0.2, 0.25) is 5.02 Å². The summed E-state index contributed by atoms with van der Waals surface area (Å²) in [7, 11) is 0. The van der Waals surface area contributed by atoms with Gasteiger partial charge in [-0.15, -0.1) is 11.3 Å². The summed E-state index contributed by atoms with van der Waals surface area (Å²) in [5.41, 5.74) is 1.45. The standard InChI is InChI=1S/C20H21ClN4O2S.C2HF3O2/c1-2-9-25(20-24-8-11-28-20)19(26)15-12-16(21)14-18(13-15)27-10-7-23-17-3-5-22-6-4-17;3-2(4,5)1(6)7/h3-6,8,11-14H,2,7,9-10H2,1H3,(H,22,23);(H,6,7). The smallest absolute Gasteiger partial charge is 0.490 e. The number of halogens is 4. The Morgan fingerprint density at radius 2 is 1.89 bits per heavy atom. The van der Waals surface area contributed by atoms with Gasteiger partial charge in [-0.25, -0.2) is 9.78 Å². The number of carbonyl (C=O) groups excluding carboxylic acids is 1. The van der Waals surface area contributed by atoms with Crippen LogP contribution in [0.3, 0.4) is 0 Å². The molecule has 188 valence electrons. The van der Waals surface area contributed by atoms with E-state index in [1.165, 1.54) is 11.3 Å². The van der Waals surface area contributed by atoms with E-state index in [0.29, 0.717) is 41.2 Å². The highest BCUT2D eigenvalue weighted by atomic mass is 35.5. The first-order chi connectivity index (χ1) is 16.6. The number of aliphatic carboxylic acids is 1. The summed E-state index contributed by atoms with van der Waals surface area (Å²) in [6.07, 6.45) is 0.888. The summed E-state index contributed by atoms with van der Waals surface area (Å²) >= 11 is 7.66. The number of carboxylic acids is 1. The molecule has 0 aliphatic heterocycles. The van der Waals surface area contributed by atoms with Crippen LogP contribution in [-0.2, 0) is 4.79 Å². The third kappa shape index (κ3) is 9.41. The Kier molecular flexibility index (Phi) is 10.7. The molecule has 0 saturated heterocycles. The molecule has 1 aromatic carbocycles. The SMILES string of the molecule is CCCN(C(=O)c1cc(Cl)cc(OCCNc2ccncc2)c1)c1nccs1.O=C(O)C(F)(F)F. The number of pyridine rings is 1. The number of hydrogen-bond donors (Lipinski definition) is 2. The number of alkyl halides is 3. The number of rotatable bonds is 9. The molecule has 8 nitrogen and oxygen atoms in total. The Bertz CT molecular complexity index is 1090. The highest BCUT2D eigenvalue weighted by Gasteiger charge is 2.38. The third-order valence-electron chi connectivity index (χ3n) is 4.08. The lowest BCUT2D eigenvalue weighted by atomic mass is 10.2. The average molecular weight is 531 g/mol. The highest BCUT2D eigenvalue weighted by molar-refractivity contribution is 7.13. The molecule has 0 radical (unpaired) electrons. The van der Waals surface area contributed by atoms with Crippen molar-refractivity contribution in [3.63, 3.8) is 0 Å². The molecule has 1 amide bonds. The minimum atomic E-state index is -5.08. The van der Waals surface area contributed by atoms with Crippen LogP contribution in [-0.4, -0.2) is 52.8 Å². The summed E-state index contributed by atoms with van der Waals surface area (Å²) < 4.78 is 37.5. The van der Waals surface area contributed by atoms with Crippen molar-refractivity contribution in [3.05, 3.63) is 64.9 Å². The van der Waals surface area contributed by atoms with Gasteiger partial charge in [0.25, 0.3) is 5.91 Å². The fourth-order valence-electron chi connectivity index (χ4n) is 2.62. The fraction of sp³-hybridized carbons (Fsp3) is 0.273. The summed E-state index contributed by atoms with van der Waals surface area (Å²) in [5.74, 6) is -2.34. The van der Waals surface area contributed by atoms with Gasteiger partial charge in [0.05, 0.1) is 0 Å². The maximum Gasteiger partial charge on any atom is 0.490 e. The van der Waals surface area contributed by atoms with Crippen molar-refractivity contribution in [1.82, 2.24) is 9.97 Å². The van der Waals surface area contributed by atoms with Gasteiger partial charge >= 0.3 is 12.1 Å². The van der Waals surface area contributed by atoms with Crippen LogP contribution in [0, 0.1) is 0 Å². The van der Waals surface area contributed by atoms with Gasteiger partial charge in [0.15, 0.2) is 5.13 Å². The van der Waals surface area contributed by atoms with E-state index in [1.54, 1.807) is 41.7 Å². The zero-order valence-corrected chi connectivity index (χ0v) is 20.0. The average Bonchev–Trinajstić information content (AvgIpc) is 3.35. The lowest BCUT2D eigenvalue weighted by molar-refractivity contribution is -0.192. The lowest BCUT2D eigenvalue weighted by Crippen LogP contribution is -2.31. The number of nitrogens with one attached hydrogen (secondary N) is 1. The van der Waals surface area contributed by atoms with E-state index in [4.69, 9.17) is 26.2 Å². The molecule has 0 aliphatic carbocycles. The van der Waals surface area contributed by atoms with Crippen molar-refractivity contribution in [2.75, 3.05) is 29.9 Å². The maximum atomic E-state index is 13.0. The van der Waals surface area contributed by atoms with Crippen molar-refractivity contribution in [3.8, 4) is 5.75 Å². The predicted octanol–water partition coefficient (Wildman–Crippen LogP) is 5.37. The minimum absolute atomic E-state index is 0.140. The van der Waals surface area contributed by atoms with E-state index in [-0.39, 0.29) is 5.91 Å². The molecule has 2 aromatic heterocycles. The second-order valence-electron chi connectivity index (χ2n) is 6.76. The zero-order chi connectivity index (χ0) is 25.8. The quantitative estimate of drug-likeness (QED) is 0.358. The zero-order valence-electron chi connectivity index (χ0n) is 18.5. The predicted molar refractivity (Wildman–Crippen MR) is 127 cm³/mol. The molecule has 0 aliphatic rings. The normalized spacial score (nSPS) is 10.7. The number of aromatic nitrogens is 2. The first kappa shape index (κ1) is 27.9. The Morgan fingerprint density at radius 3 is 2.46 bits per heavy atom. The Morgan fingerprint density at radius 1 is 1.20 bits per heavy atom. The van der Waals surface area contributed by atoms with E-state index >= 15 is 0 Å². The van der Waals surface area contributed by atoms with Crippen LogP contribution >= 0.6 is 22.9 Å². The van der Waals surface area contributed by atoms with Gasteiger partial charge < -0.3 is 15.2 Å². The molecule has 3 aromatic rings. The molecule has 0 unspecified atom stereocenters. The van der Waals surface area contributed by atoms with Crippen LogP contribution in [0.15, 0.2) is 54.3 Å². The first-order valence-corrected chi connectivity index (χ1v) is 11.5. The highest BCUT2D eigenvalue weighted by Crippen LogP contribution is 2.25. The largest absolute Gasteiger partial charge is 0.492 e. The second-order valence-corrected chi connectivity index (χ2v) is 8.07. The van der Waals surface area contributed by atoms with Crippen LogP contribution in [0.1, 0.15) is 23.7 Å². The number of nitrogens with zero attached hydrogens (tertiary/aromatic N) is 3. The van der Waals surface area contributed by atoms with E-state index in [0.717, 1.165) is 12.1 Å². The Balaban J connectivity index is 0.000000540. The van der Waals surface area contributed by atoms with Crippen LogP contribution in [0.4, 0.5) is 24.0 Å². The van der Waals surface area contributed by atoms with Crippen LogP contribution in [0.5, 0.6) is 5.75 Å². The molecule has 13 heteroatoms. The van der Waals surface area contributed by atoms with E-state index in [9.17, 15) is 18.0 Å². The number of benzene rings is 1. The number of carboxylic acid groups (broad SMARTS) is 1. The van der Waals surface area contributed by atoms with Crippen molar-refractivity contribution in [2.24, 2.45) is 0 Å². The third-order valence-corrected chi connectivity index (χ3v) is 5.10. The van der Waals surface area contributed by atoms with Gasteiger partial charge in [-0.2, -0.15) is 13.2 Å². The van der Waals surface area contributed by atoms with Gasteiger partial charge in [0.1, 0.15) is 12.4 Å². The number of anilines is 2. The van der Waals surface area contributed by atoms with Crippen molar-refractivity contribution in [2.45, 2.75) is 19.5 Å². The van der Waals surface area contributed by atoms with Crippen molar-refractivity contribution in [1.29, 1.82) is 0 Å². The summed E-state index contributed by atoms with van der Waals surface area (Å²) in [5, 5.41) is 13.4. The molecule has 0 saturated carbocycles. The number of amides is 1. The first-order valence-electron chi connectivity index (χ1n) is 10.2. The van der Waals surface area contributed by atoms with Gasteiger partial charge in [-0.05, 0) is 36.8 Å². The molecule has 35 heavy (non-hydrogen) atoms. The molecule has 3 rings (SSSR count). The molecule has 0 bridgehead atoms. The molecule has 2 heterocycles. The van der Waals surface area contributed by atoms with Gasteiger partial charge in [0, 0.05) is 53.3 Å². The molecule has 0 spiro atoms. The van der Waals surface area contributed by atoms with E-state index in [1.807, 2.05) is 24.4 Å². The fourth-order valence-corrected chi connectivity index (χ4v) is 3.51. The van der Waals surface area contributed by atoms with Gasteiger partial charge in [-0.3, -0.25) is 14.7 Å². The van der Waals surface area contributed by atoms with Gasteiger partial charge in [-0.1, -0.05) is 18.5 Å². The lowest BCUT2D eigenvalue weighted by Gasteiger charge is -2.19. The van der Waals surface area contributed by atoms with E-state index < -0.39 is 12.1 Å². The van der Waals surface area contributed by atoms with E-state index in [2.05, 4.69) is 15.3 Å². The molecule has 0 atom stereocenters. The molecule has 0 fully saturated rings. The van der Waals surface area contributed by atoms with Crippen molar-refractivity contribution < 1.29 is 32.6 Å². The van der Waals surface area contributed by atoms with Gasteiger partial charge in [0.2, 0.25) is 0 Å². The molecule has 2 N–H and O–H groups in total. The number of hydrogen-bond acceptors (Lipinski definition) is 7. The summed E-state index contributed by atoms with van der Waals surface area (Å²) in [6.45, 7) is 3.66. The van der Waals surface area contributed by atoms with Crippen LogP contribution < -0.4 is 15.0 Å². The Labute approximate surface area is 208 Å². The summed E-state index contributed by atoms with van der Waals surface area (Å²) in [6, 6.07) is 8.85.